The van der Waals surface area contributed by atoms with Crippen molar-refractivity contribution < 1.29 is 27.8 Å². The molecule has 0 fully saturated rings. The second kappa shape index (κ2) is 10.5. The fraction of sp³-hybridized carbons (Fsp3) is 0.346. The predicted octanol–water partition coefficient (Wildman–Crippen LogP) is 4.70. The number of benzene rings is 2. The molecule has 3 N–H and O–H groups in total. The van der Waals surface area contributed by atoms with Crippen LogP contribution in [-0.2, 0) is 11.2 Å². The van der Waals surface area contributed by atoms with E-state index in [0.29, 0.717) is 35.3 Å². The Bertz CT molecular complexity index is 1290. The van der Waals surface area contributed by atoms with Gasteiger partial charge in [0.2, 0.25) is 0 Å². The van der Waals surface area contributed by atoms with Crippen molar-refractivity contribution in [1.82, 2.24) is 20.8 Å². The maximum Gasteiger partial charge on any atom is 0.407 e. The maximum atomic E-state index is 14.9. The van der Waals surface area contributed by atoms with E-state index in [1.54, 1.807) is 39.1 Å². The number of anilines is 1. The monoisotopic (exact) mass is 513 g/mol. The molecule has 2 aromatic carbocycles. The van der Waals surface area contributed by atoms with E-state index in [9.17, 15) is 18.4 Å². The van der Waals surface area contributed by atoms with Crippen LogP contribution in [0.1, 0.15) is 37.9 Å². The van der Waals surface area contributed by atoms with Crippen LogP contribution >= 0.6 is 0 Å². The van der Waals surface area contributed by atoms with Crippen molar-refractivity contribution in [2.75, 3.05) is 25.1 Å². The molecule has 4 rings (SSSR count). The van der Waals surface area contributed by atoms with Crippen LogP contribution in [0.2, 0.25) is 0 Å². The van der Waals surface area contributed by atoms with Crippen LogP contribution in [0.4, 0.5) is 24.1 Å². The van der Waals surface area contributed by atoms with Gasteiger partial charge in [-0.15, -0.1) is 0 Å². The molecule has 0 spiro atoms. The summed E-state index contributed by atoms with van der Waals surface area (Å²) in [6.07, 6.45) is 2.97. The summed E-state index contributed by atoms with van der Waals surface area (Å²) in [4.78, 5) is 27.0. The first-order valence-corrected chi connectivity index (χ1v) is 11.7. The Kier molecular flexibility index (Phi) is 7.33. The second-order valence-electron chi connectivity index (χ2n) is 9.66. The van der Waals surface area contributed by atoms with Gasteiger partial charge < -0.3 is 20.1 Å². The van der Waals surface area contributed by atoms with Gasteiger partial charge in [-0.05, 0) is 62.6 Å². The van der Waals surface area contributed by atoms with Gasteiger partial charge in [-0.25, -0.2) is 18.4 Å². The molecule has 0 aliphatic carbocycles. The van der Waals surface area contributed by atoms with E-state index in [1.165, 1.54) is 36.4 Å². The SMILES string of the molecule is COc1cc(F)cc(C(CNC(=O)OC(C)(C)C)NC(=O)N2CCc3cc(-c4cn[nH]c4)c(F)cc32)c1. The minimum atomic E-state index is -0.830. The standard InChI is InChI=1S/C26H29F2N5O4/c1-26(2,3)37-25(35)29-14-22(16-7-18(27)10-19(8-16)36-4)32-24(34)33-6-5-15-9-20(17-12-30-31-13-17)21(28)11-23(15)33/h7-13,22H,5-6,14H2,1-4H3,(H,29,35)(H,30,31)(H,32,34). The number of hydrogen-bond donors (Lipinski definition) is 3. The van der Waals surface area contributed by atoms with E-state index in [-0.39, 0.29) is 12.3 Å². The van der Waals surface area contributed by atoms with Gasteiger partial charge in [0, 0.05) is 36.5 Å². The van der Waals surface area contributed by atoms with E-state index >= 15 is 0 Å². The molecule has 1 aromatic heterocycles. The van der Waals surface area contributed by atoms with Crippen LogP contribution in [0.15, 0.2) is 42.7 Å². The first kappa shape index (κ1) is 25.9. The Morgan fingerprint density at radius 1 is 1.19 bits per heavy atom. The number of aromatic nitrogens is 2. The summed E-state index contributed by atoms with van der Waals surface area (Å²) in [5.74, 6) is -0.795. The number of nitrogens with zero attached hydrogens (tertiary/aromatic N) is 2. The highest BCUT2D eigenvalue weighted by Crippen LogP contribution is 2.34. The van der Waals surface area contributed by atoms with Crippen molar-refractivity contribution in [3.8, 4) is 16.9 Å². The topological polar surface area (TPSA) is 109 Å². The van der Waals surface area contributed by atoms with Crippen molar-refractivity contribution in [1.29, 1.82) is 0 Å². The molecule has 196 valence electrons. The highest BCUT2D eigenvalue weighted by atomic mass is 19.1. The van der Waals surface area contributed by atoms with Crippen LogP contribution < -0.4 is 20.3 Å². The number of hydrogen-bond acceptors (Lipinski definition) is 5. The number of urea groups is 1. The number of aromatic amines is 1. The molecule has 1 atom stereocenters. The Hall–Kier alpha value is -4.15. The molecule has 1 aliphatic heterocycles. The molecule has 2 heterocycles. The fourth-order valence-corrected chi connectivity index (χ4v) is 4.12. The second-order valence-corrected chi connectivity index (χ2v) is 9.66. The number of nitrogens with one attached hydrogen (secondary N) is 3. The summed E-state index contributed by atoms with van der Waals surface area (Å²) < 4.78 is 39.6. The lowest BCUT2D eigenvalue weighted by molar-refractivity contribution is 0.0522. The number of ether oxygens (including phenoxy) is 2. The number of carbonyl (C=O) groups excluding carboxylic acids is 2. The summed E-state index contributed by atoms with van der Waals surface area (Å²) in [7, 11) is 1.40. The number of rotatable bonds is 6. The van der Waals surface area contributed by atoms with Crippen LogP contribution in [0.5, 0.6) is 5.75 Å². The summed E-state index contributed by atoms with van der Waals surface area (Å²) in [6.45, 7) is 5.43. The summed E-state index contributed by atoms with van der Waals surface area (Å²) >= 11 is 0. The van der Waals surface area contributed by atoms with Gasteiger partial charge >= 0.3 is 12.1 Å². The first-order chi connectivity index (χ1) is 17.5. The minimum absolute atomic E-state index is 0.0816. The zero-order valence-corrected chi connectivity index (χ0v) is 21.0. The molecule has 1 unspecified atom stereocenters. The van der Waals surface area contributed by atoms with Crippen molar-refractivity contribution in [2.45, 2.75) is 38.8 Å². The molecule has 3 aromatic rings. The van der Waals surface area contributed by atoms with Crippen LogP contribution in [0, 0.1) is 11.6 Å². The number of amides is 3. The molecular weight excluding hydrogens is 484 g/mol. The Morgan fingerprint density at radius 2 is 1.97 bits per heavy atom. The van der Waals surface area contributed by atoms with Gasteiger partial charge in [0.05, 0.1) is 25.0 Å². The molecule has 11 heteroatoms. The van der Waals surface area contributed by atoms with Crippen LogP contribution in [0.25, 0.3) is 11.1 Å². The van der Waals surface area contributed by atoms with Crippen LogP contribution in [0.3, 0.4) is 0 Å². The fourth-order valence-electron chi connectivity index (χ4n) is 4.12. The number of methoxy groups -OCH3 is 1. The molecule has 0 saturated carbocycles. The zero-order chi connectivity index (χ0) is 26.7. The molecule has 0 radical (unpaired) electrons. The van der Waals surface area contributed by atoms with Gasteiger partial charge in [-0.3, -0.25) is 10.00 Å². The number of carbonyl (C=O) groups is 2. The lowest BCUT2D eigenvalue weighted by atomic mass is 10.0. The van der Waals surface area contributed by atoms with Gasteiger partial charge in [-0.2, -0.15) is 5.10 Å². The maximum absolute atomic E-state index is 14.9. The lowest BCUT2D eigenvalue weighted by Gasteiger charge is -2.26. The van der Waals surface area contributed by atoms with E-state index in [2.05, 4.69) is 20.8 Å². The van der Waals surface area contributed by atoms with Crippen LogP contribution in [-0.4, -0.2) is 48.1 Å². The molecule has 9 nitrogen and oxygen atoms in total. The largest absolute Gasteiger partial charge is 0.497 e. The quantitative estimate of drug-likeness (QED) is 0.443. The molecular formula is C26H29F2N5O4. The predicted molar refractivity (Wildman–Crippen MR) is 133 cm³/mol. The number of halogens is 2. The van der Waals surface area contributed by atoms with Crippen molar-refractivity contribution in [3.05, 3.63) is 65.5 Å². The summed E-state index contributed by atoms with van der Waals surface area (Å²) in [5.41, 5.74) is 1.91. The molecule has 0 bridgehead atoms. The van der Waals surface area contributed by atoms with Gasteiger partial charge in [0.1, 0.15) is 23.0 Å². The van der Waals surface area contributed by atoms with E-state index in [0.717, 1.165) is 5.56 Å². The molecule has 37 heavy (non-hydrogen) atoms. The zero-order valence-electron chi connectivity index (χ0n) is 21.0. The van der Waals surface area contributed by atoms with Crippen molar-refractivity contribution in [2.24, 2.45) is 0 Å². The first-order valence-electron chi connectivity index (χ1n) is 11.7. The van der Waals surface area contributed by atoms with Gasteiger partial charge in [0.15, 0.2) is 0 Å². The van der Waals surface area contributed by atoms with Gasteiger partial charge in [-0.1, -0.05) is 0 Å². The van der Waals surface area contributed by atoms with Crippen molar-refractivity contribution >= 4 is 17.8 Å². The Morgan fingerprint density at radius 3 is 2.65 bits per heavy atom. The van der Waals surface area contributed by atoms with E-state index < -0.39 is 35.4 Å². The number of fused-ring (bicyclic) bond motifs is 1. The normalized spacial score (nSPS) is 13.6. The highest BCUT2D eigenvalue weighted by Gasteiger charge is 2.29. The third-order valence-electron chi connectivity index (χ3n) is 5.80. The smallest absolute Gasteiger partial charge is 0.407 e. The van der Waals surface area contributed by atoms with Gasteiger partial charge in [0.25, 0.3) is 0 Å². The molecule has 0 saturated heterocycles. The molecule has 1 aliphatic rings. The lowest BCUT2D eigenvalue weighted by Crippen LogP contribution is -2.45. The third-order valence-corrected chi connectivity index (χ3v) is 5.80. The average molecular weight is 514 g/mol. The number of alkyl carbamates (subject to hydrolysis) is 1. The van der Waals surface area contributed by atoms with E-state index in [4.69, 9.17) is 9.47 Å². The van der Waals surface area contributed by atoms with Crippen molar-refractivity contribution in [3.63, 3.8) is 0 Å². The minimum Gasteiger partial charge on any atom is -0.497 e. The summed E-state index contributed by atoms with van der Waals surface area (Å²) in [6, 6.07) is 5.71. The third kappa shape index (κ3) is 6.16. The highest BCUT2D eigenvalue weighted by molar-refractivity contribution is 5.95. The number of H-pyrrole nitrogens is 1. The van der Waals surface area contributed by atoms with E-state index in [1.807, 2.05) is 0 Å². The Labute approximate surface area is 213 Å². The summed E-state index contributed by atoms with van der Waals surface area (Å²) in [5, 5.41) is 12.0. The average Bonchev–Trinajstić information content (AvgIpc) is 3.49. The Balaban J connectivity index is 1.56. The molecule has 3 amide bonds.